The summed E-state index contributed by atoms with van der Waals surface area (Å²) >= 11 is 0. The first-order chi connectivity index (χ1) is 7.79. The van der Waals surface area contributed by atoms with Crippen LogP contribution in [0.25, 0.3) is 0 Å². The minimum atomic E-state index is 0.534. The molecule has 0 radical (unpaired) electrons. The van der Waals surface area contributed by atoms with Crippen molar-refractivity contribution in [2.24, 2.45) is 16.6 Å². The molecule has 0 aromatic carbocycles. The molecule has 1 fully saturated rings. The third-order valence-electron chi connectivity index (χ3n) is 2.40. The Labute approximate surface area is 94.1 Å². The molecule has 0 atom stereocenters. The lowest BCUT2D eigenvalue weighted by Crippen LogP contribution is -1.98. The van der Waals surface area contributed by atoms with Gasteiger partial charge in [-0.1, -0.05) is 0 Å². The Hall–Kier alpha value is -2.15. The number of aliphatic imine (C=N–C) groups is 1. The van der Waals surface area contributed by atoms with Gasteiger partial charge in [0.1, 0.15) is 6.07 Å². The highest BCUT2D eigenvalue weighted by molar-refractivity contribution is 5.74. The maximum atomic E-state index is 8.59. The highest BCUT2D eigenvalue weighted by atomic mass is 14.9. The van der Waals surface area contributed by atoms with Crippen molar-refractivity contribution in [1.82, 2.24) is 4.98 Å². The minimum Gasteiger partial charge on any atom is -0.402 e. The van der Waals surface area contributed by atoms with Crippen LogP contribution in [0.15, 0.2) is 35.1 Å². The van der Waals surface area contributed by atoms with Crippen LogP contribution in [0.3, 0.4) is 0 Å². The van der Waals surface area contributed by atoms with Gasteiger partial charge >= 0.3 is 0 Å². The van der Waals surface area contributed by atoms with E-state index >= 15 is 0 Å². The zero-order valence-electron chi connectivity index (χ0n) is 8.80. The molecule has 80 valence electrons. The number of aromatic nitrogens is 1. The van der Waals surface area contributed by atoms with Crippen molar-refractivity contribution in [1.29, 1.82) is 5.26 Å². The van der Waals surface area contributed by atoms with E-state index in [0.29, 0.717) is 17.3 Å². The summed E-state index contributed by atoms with van der Waals surface area (Å²) in [6, 6.07) is 5.40. The van der Waals surface area contributed by atoms with Gasteiger partial charge in [-0.3, -0.25) is 0 Å². The summed E-state index contributed by atoms with van der Waals surface area (Å²) in [6.45, 7) is 0. The molecular formula is C12H12N4. The van der Waals surface area contributed by atoms with Gasteiger partial charge in [0.05, 0.1) is 5.56 Å². The summed E-state index contributed by atoms with van der Waals surface area (Å²) in [4.78, 5) is 8.15. The van der Waals surface area contributed by atoms with E-state index in [1.54, 1.807) is 18.3 Å². The van der Waals surface area contributed by atoms with Crippen LogP contribution in [0.4, 0.5) is 5.82 Å². The van der Waals surface area contributed by atoms with Gasteiger partial charge in [0.15, 0.2) is 5.82 Å². The third-order valence-corrected chi connectivity index (χ3v) is 2.40. The summed E-state index contributed by atoms with van der Waals surface area (Å²) < 4.78 is 0. The predicted molar refractivity (Wildman–Crippen MR) is 62.1 cm³/mol. The number of nitrogens with zero attached hydrogens (tertiary/aromatic N) is 3. The fourth-order valence-electron chi connectivity index (χ4n) is 1.28. The summed E-state index contributed by atoms with van der Waals surface area (Å²) in [6.07, 6.45) is 7.34. The molecule has 1 aromatic heterocycles. The number of pyridine rings is 1. The molecule has 1 saturated carbocycles. The van der Waals surface area contributed by atoms with Gasteiger partial charge in [0, 0.05) is 18.1 Å². The summed E-state index contributed by atoms with van der Waals surface area (Å²) in [5.74, 6) is 1.14. The molecule has 4 heteroatoms. The fourth-order valence-corrected chi connectivity index (χ4v) is 1.28. The molecule has 4 nitrogen and oxygen atoms in total. The molecule has 16 heavy (non-hydrogen) atoms. The summed E-state index contributed by atoms with van der Waals surface area (Å²) in [5.41, 5.74) is 7.22. The van der Waals surface area contributed by atoms with Crippen molar-refractivity contribution in [3.63, 3.8) is 0 Å². The third kappa shape index (κ3) is 2.67. The number of rotatable bonds is 3. The number of hydrogen-bond donors (Lipinski definition) is 1. The molecule has 1 heterocycles. The Bertz CT molecular complexity index is 461. The lowest BCUT2D eigenvalue weighted by atomic mass is 10.3. The van der Waals surface area contributed by atoms with Crippen molar-refractivity contribution in [2.45, 2.75) is 12.8 Å². The van der Waals surface area contributed by atoms with Crippen LogP contribution in [0, 0.1) is 17.2 Å². The minimum absolute atomic E-state index is 0.534. The van der Waals surface area contributed by atoms with Gasteiger partial charge in [0.25, 0.3) is 0 Å². The molecule has 1 aliphatic carbocycles. The molecule has 1 aromatic rings. The van der Waals surface area contributed by atoms with Gasteiger partial charge in [-0.15, -0.1) is 0 Å². The summed E-state index contributed by atoms with van der Waals surface area (Å²) in [5, 5.41) is 8.59. The first-order valence-electron chi connectivity index (χ1n) is 5.15. The SMILES string of the molecule is N#Cc1ccc(N=CC=C(N)C2CC2)nc1. The molecule has 0 spiro atoms. The molecule has 0 aliphatic heterocycles. The largest absolute Gasteiger partial charge is 0.402 e. The number of nitrogens with two attached hydrogens (primary N) is 1. The normalized spacial score (nSPS) is 16.3. The lowest BCUT2D eigenvalue weighted by molar-refractivity contribution is 0.984. The molecular weight excluding hydrogens is 200 g/mol. The second-order valence-corrected chi connectivity index (χ2v) is 3.74. The average Bonchev–Trinajstić information content (AvgIpc) is 3.14. The maximum Gasteiger partial charge on any atom is 0.151 e. The smallest absolute Gasteiger partial charge is 0.151 e. The van der Waals surface area contributed by atoms with Gasteiger partial charge in [-0.2, -0.15) is 5.26 Å². The van der Waals surface area contributed by atoms with E-state index in [1.165, 1.54) is 19.0 Å². The van der Waals surface area contributed by atoms with Crippen LogP contribution in [-0.4, -0.2) is 11.2 Å². The molecule has 0 bridgehead atoms. The highest BCUT2D eigenvalue weighted by Gasteiger charge is 2.23. The second-order valence-electron chi connectivity index (χ2n) is 3.74. The van der Waals surface area contributed by atoms with Gasteiger partial charge < -0.3 is 5.73 Å². The number of allylic oxidation sites excluding steroid dienone is 2. The number of nitriles is 1. The molecule has 0 amide bonds. The monoisotopic (exact) mass is 212 g/mol. The Kier molecular flexibility index (Phi) is 2.97. The van der Waals surface area contributed by atoms with Crippen LogP contribution in [-0.2, 0) is 0 Å². The quantitative estimate of drug-likeness (QED) is 0.777. The average molecular weight is 212 g/mol. The van der Waals surface area contributed by atoms with Crippen molar-refractivity contribution < 1.29 is 0 Å². The standard InChI is InChI=1S/C12H12N4/c13-7-9-1-4-12(16-8-9)15-6-5-11(14)10-2-3-10/h1,4-6,8,10H,2-3,14H2. The van der Waals surface area contributed by atoms with Gasteiger partial charge in [-0.25, -0.2) is 9.98 Å². The second kappa shape index (κ2) is 4.58. The van der Waals surface area contributed by atoms with E-state index in [0.717, 1.165) is 5.70 Å². The lowest BCUT2D eigenvalue weighted by Gasteiger charge is -1.93. The van der Waals surface area contributed by atoms with E-state index in [4.69, 9.17) is 11.0 Å². The van der Waals surface area contributed by atoms with Crippen LogP contribution in [0.1, 0.15) is 18.4 Å². The fraction of sp³-hybridized carbons (Fsp3) is 0.250. The van der Waals surface area contributed by atoms with E-state index in [2.05, 4.69) is 9.98 Å². The highest BCUT2D eigenvalue weighted by Crippen LogP contribution is 2.33. The van der Waals surface area contributed by atoms with Crippen LogP contribution >= 0.6 is 0 Å². The van der Waals surface area contributed by atoms with Crippen molar-refractivity contribution in [3.05, 3.63) is 35.7 Å². The Balaban J connectivity index is 2.00. The molecule has 2 rings (SSSR count). The van der Waals surface area contributed by atoms with Crippen molar-refractivity contribution >= 4 is 12.0 Å². The Morgan fingerprint density at radius 1 is 1.56 bits per heavy atom. The molecule has 0 unspecified atom stereocenters. The number of hydrogen-bond acceptors (Lipinski definition) is 4. The van der Waals surface area contributed by atoms with E-state index in [-0.39, 0.29) is 0 Å². The van der Waals surface area contributed by atoms with E-state index < -0.39 is 0 Å². The topological polar surface area (TPSA) is 75.1 Å². The van der Waals surface area contributed by atoms with Crippen LogP contribution in [0.2, 0.25) is 0 Å². The van der Waals surface area contributed by atoms with Crippen molar-refractivity contribution in [2.75, 3.05) is 0 Å². The van der Waals surface area contributed by atoms with Crippen LogP contribution < -0.4 is 5.73 Å². The zero-order valence-corrected chi connectivity index (χ0v) is 8.80. The first-order valence-corrected chi connectivity index (χ1v) is 5.15. The van der Waals surface area contributed by atoms with Gasteiger partial charge in [-0.05, 0) is 37.0 Å². The summed E-state index contributed by atoms with van der Waals surface area (Å²) in [7, 11) is 0. The molecule has 0 saturated heterocycles. The Morgan fingerprint density at radius 2 is 2.38 bits per heavy atom. The van der Waals surface area contributed by atoms with Gasteiger partial charge in [0.2, 0.25) is 0 Å². The van der Waals surface area contributed by atoms with Crippen LogP contribution in [0.5, 0.6) is 0 Å². The zero-order chi connectivity index (χ0) is 11.4. The van der Waals surface area contributed by atoms with Crippen molar-refractivity contribution in [3.8, 4) is 6.07 Å². The van der Waals surface area contributed by atoms with E-state index in [1.807, 2.05) is 12.1 Å². The predicted octanol–water partition coefficient (Wildman–Crippen LogP) is 1.91. The molecule has 1 aliphatic rings. The Morgan fingerprint density at radius 3 is 2.94 bits per heavy atom. The maximum absolute atomic E-state index is 8.59. The molecule has 2 N–H and O–H groups in total. The van der Waals surface area contributed by atoms with E-state index in [9.17, 15) is 0 Å². The first kappa shape index (κ1) is 10.4.